The predicted octanol–water partition coefficient (Wildman–Crippen LogP) is 4.90. The van der Waals surface area contributed by atoms with Crippen LogP contribution < -0.4 is 4.74 Å². The largest absolute Gasteiger partial charge is 0.481 e. The van der Waals surface area contributed by atoms with Crippen LogP contribution in [0.1, 0.15) is 29.2 Å². The van der Waals surface area contributed by atoms with Crippen molar-refractivity contribution >= 4 is 11.7 Å². The summed E-state index contributed by atoms with van der Waals surface area (Å²) in [5, 5.41) is 0. The van der Waals surface area contributed by atoms with Crippen molar-refractivity contribution in [2.75, 3.05) is 26.9 Å². The van der Waals surface area contributed by atoms with Gasteiger partial charge in [0.25, 0.3) is 0 Å². The summed E-state index contributed by atoms with van der Waals surface area (Å²) >= 11 is 0. The van der Waals surface area contributed by atoms with Crippen LogP contribution in [0, 0.1) is 0 Å². The first-order valence-corrected chi connectivity index (χ1v) is 11.7. The van der Waals surface area contributed by atoms with Gasteiger partial charge in [-0.2, -0.15) is 0 Å². The lowest BCUT2D eigenvalue weighted by Crippen LogP contribution is -2.56. The molecule has 2 aromatic carbocycles. The molecule has 3 aromatic rings. The molecule has 1 aromatic heterocycles. The maximum atomic E-state index is 13.3. The van der Waals surface area contributed by atoms with Gasteiger partial charge in [-0.15, -0.1) is 0 Å². The monoisotopic (exact) mass is 454 g/mol. The molecule has 2 atom stereocenters. The summed E-state index contributed by atoms with van der Waals surface area (Å²) in [6.07, 6.45) is 2.47. The highest BCUT2D eigenvalue weighted by atomic mass is 16.6. The predicted molar refractivity (Wildman–Crippen MR) is 129 cm³/mol. The van der Waals surface area contributed by atoms with E-state index in [-0.39, 0.29) is 24.1 Å². The van der Waals surface area contributed by atoms with Gasteiger partial charge in [0, 0.05) is 12.0 Å². The second-order valence-corrected chi connectivity index (χ2v) is 8.93. The molecule has 6 heteroatoms. The second-order valence-electron chi connectivity index (χ2n) is 8.93. The van der Waals surface area contributed by atoms with Gasteiger partial charge in [-0.25, -0.2) is 9.78 Å². The van der Waals surface area contributed by atoms with Crippen LogP contribution in [0.25, 0.3) is 16.7 Å². The molecule has 2 bridgehead atoms. The SMILES string of the molecule is COc1cccc(C2=CC3COCC(C2)N3C(=O)OCC2c3ccccc3-c3ccccc32)n1. The van der Waals surface area contributed by atoms with E-state index in [1.165, 1.54) is 22.3 Å². The zero-order valence-electron chi connectivity index (χ0n) is 19.0. The van der Waals surface area contributed by atoms with E-state index in [0.717, 1.165) is 11.3 Å². The number of nitrogens with zero attached hydrogens (tertiary/aromatic N) is 2. The Morgan fingerprint density at radius 2 is 1.74 bits per heavy atom. The Hall–Kier alpha value is -3.64. The van der Waals surface area contributed by atoms with Crippen molar-refractivity contribution in [1.29, 1.82) is 0 Å². The van der Waals surface area contributed by atoms with Gasteiger partial charge in [-0.05, 0) is 40.3 Å². The van der Waals surface area contributed by atoms with Gasteiger partial charge < -0.3 is 14.2 Å². The molecule has 2 aliphatic heterocycles. The molecular weight excluding hydrogens is 428 g/mol. The highest BCUT2D eigenvalue weighted by Gasteiger charge is 2.40. The molecule has 3 aliphatic rings. The molecule has 0 radical (unpaired) electrons. The number of carbonyl (C=O) groups excluding carboxylic acids is 1. The fraction of sp³-hybridized carbons (Fsp3) is 0.286. The molecular formula is C28H26N2O4. The summed E-state index contributed by atoms with van der Waals surface area (Å²) in [4.78, 5) is 19.7. The normalized spacial score (nSPS) is 20.9. The maximum Gasteiger partial charge on any atom is 0.410 e. The molecule has 0 N–H and O–H groups in total. The molecule has 1 aliphatic carbocycles. The third kappa shape index (κ3) is 3.55. The molecule has 172 valence electrons. The number of pyridine rings is 1. The average Bonchev–Trinajstić information content (AvgIpc) is 3.20. The van der Waals surface area contributed by atoms with Crippen LogP contribution >= 0.6 is 0 Å². The lowest BCUT2D eigenvalue weighted by atomic mass is 9.92. The van der Waals surface area contributed by atoms with E-state index in [0.29, 0.717) is 32.1 Å². The standard InChI is InChI=1S/C28H26N2O4/c1-32-27-12-6-11-26(29-27)18-13-19-15-33-16-20(14-18)30(19)28(31)34-17-25-23-9-4-2-7-21(23)22-8-3-5-10-24(22)25/h2-13,19-20,25H,14-17H2,1H3. The van der Waals surface area contributed by atoms with Gasteiger partial charge >= 0.3 is 6.09 Å². The number of aromatic nitrogens is 1. The summed E-state index contributed by atoms with van der Waals surface area (Å²) in [5.41, 5.74) is 6.86. The topological polar surface area (TPSA) is 60.9 Å². The van der Waals surface area contributed by atoms with Crippen molar-refractivity contribution < 1.29 is 19.0 Å². The van der Waals surface area contributed by atoms with Crippen molar-refractivity contribution in [1.82, 2.24) is 9.88 Å². The van der Waals surface area contributed by atoms with Crippen molar-refractivity contribution in [3.05, 3.63) is 89.6 Å². The van der Waals surface area contributed by atoms with E-state index in [9.17, 15) is 4.79 Å². The number of benzene rings is 2. The van der Waals surface area contributed by atoms with E-state index < -0.39 is 0 Å². The molecule has 34 heavy (non-hydrogen) atoms. The van der Waals surface area contributed by atoms with Gasteiger partial charge in [0.15, 0.2) is 0 Å². The van der Waals surface area contributed by atoms with Gasteiger partial charge in [0.1, 0.15) is 6.61 Å². The number of fused-ring (bicyclic) bond motifs is 5. The summed E-state index contributed by atoms with van der Waals surface area (Å²) in [5.74, 6) is 0.628. The number of ether oxygens (including phenoxy) is 3. The lowest BCUT2D eigenvalue weighted by molar-refractivity contribution is -0.0332. The molecule has 2 unspecified atom stereocenters. The number of methoxy groups -OCH3 is 1. The van der Waals surface area contributed by atoms with E-state index >= 15 is 0 Å². The van der Waals surface area contributed by atoms with Gasteiger partial charge in [0.05, 0.1) is 38.1 Å². The van der Waals surface area contributed by atoms with Crippen LogP contribution in [-0.2, 0) is 9.47 Å². The van der Waals surface area contributed by atoms with Crippen molar-refractivity contribution in [3.8, 4) is 17.0 Å². The van der Waals surface area contributed by atoms with E-state index in [1.807, 2.05) is 35.2 Å². The number of amides is 1. The molecule has 0 spiro atoms. The smallest absolute Gasteiger partial charge is 0.410 e. The highest BCUT2D eigenvalue weighted by Crippen LogP contribution is 2.44. The number of rotatable bonds is 4. The molecule has 6 rings (SSSR count). The summed E-state index contributed by atoms with van der Waals surface area (Å²) in [7, 11) is 1.61. The van der Waals surface area contributed by atoms with Crippen LogP contribution in [0.15, 0.2) is 72.8 Å². The third-order valence-electron chi connectivity index (χ3n) is 7.01. The first-order chi connectivity index (χ1) is 16.7. The number of hydrogen-bond acceptors (Lipinski definition) is 5. The second kappa shape index (κ2) is 8.61. The van der Waals surface area contributed by atoms with Gasteiger partial charge in [0.2, 0.25) is 5.88 Å². The Morgan fingerprint density at radius 3 is 2.44 bits per heavy atom. The zero-order valence-corrected chi connectivity index (χ0v) is 19.0. The average molecular weight is 455 g/mol. The van der Waals surface area contributed by atoms with Crippen LogP contribution in [-0.4, -0.2) is 55.0 Å². The Kier molecular flexibility index (Phi) is 5.30. The van der Waals surface area contributed by atoms with Crippen LogP contribution in [0.5, 0.6) is 5.88 Å². The Morgan fingerprint density at radius 1 is 1.00 bits per heavy atom. The maximum absolute atomic E-state index is 13.3. The minimum atomic E-state index is -0.283. The van der Waals surface area contributed by atoms with E-state index in [1.54, 1.807) is 7.11 Å². The summed E-state index contributed by atoms with van der Waals surface area (Å²) < 4.78 is 17.0. The minimum absolute atomic E-state index is 0.0457. The van der Waals surface area contributed by atoms with Crippen molar-refractivity contribution in [2.24, 2.45) is 0 Å². The highest BCUT2D eigenvalue weighted by molar-refractivity contribution is 5.79. The fourth-order valence-corrected chi connectivity index (χ4v) is 5.45. The van der Waals surface area contributed by atoms with Gasteiger partial charge in [-0.3, -0.25) is 4.90 Å². The Labute approximate surface area is 198 Å². The lowest BCUT2D eigenvalue weighted by Gasteiger charge is -2.43. The molecule has 1 fully saturated rings. The molecule has 0 saturated carbocycles. The van der Waals surface area contributed by atoms with Crippen LogP contribution in [0.3, 0.4) is 0 Å². The fourth-order valence-electron chi connectivity index (χ4n) is 5.45. The number of carbonyl (C=O) groups is 1. The Balaban J connectivity index is 1.22. The van der Waals surface area contributed by atoms with Crippen LogP contribution in [0.2, 0.25) is 0 Å². The third-order valence-corrected chi connectivity index (χ3v) is 7.01. The molecule has 1 amide bonds. The minimum Gasteiger partial charge on any atom is -0.481 e. The van der Waals surface area contributed by atoms with Crippen molar-refractivity contribution in [2.45, 2.75) is 24.4 Å². The quantitative estimate of drug-likeness (QED) is 0.561. The molecule has 1 saturated heterocycles. The van der Waals surface area contributed by atoms with Crippen LogP contribution in [0.4, 0.5) is 4.79 Å². The Bertz CT molecular complexity index is 1230. The zero-order chi connectivity index (χ0) is 23.1. The summed E-state index contributed by atoms with van der Waals surface area (Å²) in [6, 6.07) is 22.2. The summed E-state index contributed by atoms with van der Waals surface area (Å²) in [6.45, 7) is 1.26. The first kappa shape index (κ1) is 20.9. The first-order valence-electron chi connectivity index (χ1n) is 11.7. The van der Waals surface area contributed by atoms with Gasteiger partial charge in [-0.1, -0.05) is 60.7 Å². The van der Waals surface area contributed by atoms with E-state index in [2.05, 4.69) is 47.5 Å². The molecule has 6 nitrogen and oxygen atoms in total. The number of hydrogen-bond donors (Lipinski definition) is 0. The van der Waals surface area contributed by atoms with E-state index in [4.69, 9.17) is 14.2 Å². The van der Waals surface area contributed by atoms with Crippen molar-refractivity contribution in [3.63, 3.8) is 0 Å². The number of morpholine rings is 1. The molecule has 3 heterocycles.